The molecule has 0 bridgehead atoms. The van der Waals surface area contributed by atoms with E-state index in [0.717, 1.165) is 17.2 Å². The lowest BCUT2D eigenvalue weighted by Crippen LogP contribution is -2.18. The molecule has 0 radical (unpaired) electrons. The molecule has 1 atom stereocenters. The van der Waals surface area contributed by atoms with Gasteiger partial charge in [-0.25, -0.2) is 9.97 Å². The van der Waals surface area contributed by atoms with E-state index in [0.29, 0.717) is 11.7 Å². The van der Waals surface area contributed by atoms with Gasteiger partial charge in [0.2, 0.25) is 0 Å². The first kappa shape index (κ1) is 16.1. The smallest absolute Gasteiger partial charge is 0.180 e. The Morgan fingerprint density at radius 1 is 0.958 bits per heavy atom. The van der Waals surface area contributed by atoms with Gasteiger partial charge in [-0.05, 0) is 42.7 Å². The maximum Gasteiger partial charge on any atom is 0.180 e. The van der Waals surface area contributed by atoms with Crippen LogP contribution in [0.4, 0.5) is 5.82 Å². The highest BCUT2D eigenvalue weighted by atomic mass is 15.1. The Morgan fingerprint density at radius 2 is 1.75 bits per heavy atom. The van der Waals surface area contributed by atoms with Crippen molar-refractivity contribution in [3.8, 4) is 11.5 Å². The number of hydrogen-bond acceptors (Lipinski definition) is 5. The van der Waals surface area contributed by atoms with Crippen LogP contribution in [-0.2, 0) is 0 Å². The highest BCUT2D eigenvalue weighted by Crippen LogP contribution is 2.26. The van der Waals surface area contributed by atoms with Crippen LogP contribution in [0.1, 0.15) is 31.1 Å². The fourth-order valence-corrected chi connectivity index (χ4v) is 2.62. The molecule has 0 aliphatic carbocycles. The van der Waals surface area contributed by atoms with Gasteiger partial charge in [-0.1, -0.05) is 19.9 Å². The van der Waals surface area contributed by atoms with Gasteiger partial charge in [-0.3, -0.25) is 9.97 Å². The van der Waals surface area contributed by atoms with Crippen molar-refractivity contribution >= 4 is 5.82 Å². The summed E-state index contributed by atoms with van der Waals surface area (Å²) in [4.78, 5) is 17.6. The standard InChI is InChI=1S/C19H21N5/c1-13(2)18(15-7-10-20-11-8-15)23-17-12-14(3)22-19(24-17)16-6-4-5-9-21-16/h4-13,18H,1-3H3,(H,22,23,24)/t18-/m0/s1. The Kier molecular flexibility index (Phi) is 4.79. The summed E-state index contributed by atoms with van der Waals surface area (Å²) in [6.07, 6.45) is 5.38. The third kappa shape index (κ3) is 3.74. The SMILES string of the molecule is Cc1cc(N[C@H](c2ccncc2)C(C)C)nc(-c2ccccn2)n1. The van der Waals surface area contributed by atoms with E-state index >= 15 is 0 Å². The van der Waals surface area contributed by atoms with Crippen molar-refractivity contribution in [3.05, 3.63) is 66.2 Å². The van der Waals surface area contributed by atoms with Crippen molar-refractivity contribution in [2.24, 2.45) is 5.92 Å². The van der Waals surface area contributed by atoms with Crippen LogP contribution in [0.3, 0.4) is 0 Å². The highest BCUT2D eigenvalue weighted by Gasteiger charge is 2.17. The minimum Gasteiger partial charge on any atom is -0.363 e. The monoisotopic (exact) mass is 319 g/mol. The minimum absolute atomic E-state index is 0.152. The van der Waals surface area contributed by atoms with Crippen LogP contribution in [-0.4, -0.2) is 19.9 Å². The Labute approximate surface area is 142 Å². The summed E-state index contributed by atoms with van der Waals surface area (Å²) in [6, 6.07) is 11.9. The van der Waals surface area contributed by atoms with Crippen molar-refractivity contribution in [1.29, 1.82) is 0 Å². The molecule has 0 spiro atoms. The first-order valence-corrected chi connectivity index (χ1v) is 8.07. The number of hydrogen-bond donors (Lipinski definition) is 1. The van der Waals surface area contributed by atoms with Crippen LogP contribution in [0.25, 0.3) is 11.5 Å². The molecular formula is C19H21N5. The number of rotatable bonds is 5. The predicted octanol–water partition coefficient (Wildman–Crippen LogP) is 4.05. The van der Waals surface area contributed by atoms with Crippen LogP contribution in [0.2, 0.25) is 0 Å². The minimum atomic E-state index is 0.152. The Hall–Kier alpha value is -2.82. The summed E-state index contributed by atoms with van der Waals surface area (Å²) >= 11 is 0. The third-order valence-electron chi connectivity index (χ3n) is 3.78. The molecule has 0 unspecified atom stereocenters. The molecule has 24 heavy (non-hydrogen) atoms. The maximum atomic E-state index is 4.65. The molecule has 0 amide bonds. The Bertz CT molecular complexity index is 787. The van der Waals surface area contributed by atoms with Gasteiger partial charge >= 0.3 is 0 Å². The van der Waals surface area contributed by atoms with Crippen LogP contribution >= 0.6 is 0 Å². The number of nitrogens with zero attached hydrogens (tertiary/aromatic N) is 4. The van der Waals surface area contributed by atoms with Crippen LogP contribution in [0.15, 0.2) is 55.0 Å². The zero-order valence-electron chi connectivity index (χ0n) is 14.1. The average Bonchev–Trinajstić information content (AvgIpc) is 2.60. The Morgan fingerprint density at radius 3 is 2.42 bits per heavy atom. The van der Waals surface area contributed by atoms with Crippen molar-refractivity contribution in [2.75, 3.05) is 5.32 Å². The summed E-state index contributed by atoms with van der Waals surface area (Å²) in [6.45, 7) is 6.34. The van der Waals surface area contributed by atoms with Crippen molar-refractivity contribution in [3.63, 3.8) is 0 Å². The maximum absolute atomic E-state index is 4.65. The predicted molar refractivity (Wildman–Crippen MR) is 95.4 cm³/mol. The quantitative estimate of drug-likeness (QED) is 0.768. The number of nitrogens with one attached hydrogen (secondary N) is 1. The van der Waals surface area contributed by atoms with Gasteiger partial charge in [-0.15, -0.1) is 0 Å². The van der Waals surface area contributed by atoms with Gasteiger partial charge in [-0.2, -0.15) is 0 Å². The van der Waals surface area contributed by atoms with Gasteiger partial charge < -0.3 is 5.32 Å². The molecule has 0 aromatic carbocycles. The molecule has 0 saturated carbocycles. The summed E-state index contributed by atoms with van der Waals surface area (Å²) in [7, 11) is 0. The van der Waals surface area contributed by atoms with E-state index in [2.05, 4.69) is 39.1 Å². The molecule has 5 heteroatoms. The second kappa shape index (κ2) is 7.17. The van der Waals surface area contributed by atoms with E-state index in [1.807, 2.05) is 55.7 Å². The lowest BCUT2D eigenvalue weighted by Gasteiger charge is -2.23. The molecule has 0 aliphatic heterocycles. The summed E-state index contributed by atoms with van der Waals surface area (Å²) < 4.78 is 0. The topological polar surface area (TPSA) is 63.6 Å². The van der Waals surface area contributed by atoms with Gasteiger partial charge in [0.1, 0.15) is 11.5 Å². The number of aryl methyl sites for hydroxylation is 1. The molecule has 0 fully saturated rings. The van der Waals surface area contributed by atoms with E-state index in [1.165, 1.54) is 5.56 Å². The van der Waals surface area contributed by atoms with Crippen molar-refractivity contribution in [2.45, 2.75) is 26.8 Å². The van der Waals surface area contributed by atoms with E-state index in [4.69, 9.17) is 0 Å². The number of anilines is 1. The zero-order chi connectivity index (χ0) is 16.9. The van der Waals surface area contributed by atoms with Crippen LogP contribution in [0, 0.1) is 12.8 Å². The average molecular weight is 319 g/mol. The van der Waals surface area contributed by atoms with E-state index in [1.54, 1.807) is 6.20 Å². The first-order valence-electron chi connectivity index (χ1n) is 8.07. The largest absolute Gasteiger partial charge is 0.363 e. The molecule has 0 saturated heterocycles. The molecule has 3 aromatic heterocycles. The summed E-state index contributed by atoms with van der Waals surface area (Å²) in [5, 5.41) is 3.54. The molecule has 5 nitrogen and oxygen atoms in total. The number of pyridine rings is 2. The lowest BCUT2D eigenvalue weighted by atomic mass is 9.97. The molecule has 3 rings (SSSR count). The van der Waals surface area contributed by atoms with Gasteiger partial charge in [0.15, 0.2) is 5.82 Å². The van der Waals surface area contributed by atoms with E-state index in [-0.39, 0.29) is 6.04 Å². The normalized spacial score (nSPS) is 12.2. The van der Waals surface area contributed by atoms with E-state index < -0.39 is 0 Å². The molecule has 122 valence electrons. The van der Waals surface area contributed by atoms with Gasteiger partial charge in [0, 0.05) is 30.4 Å². The van der Waals surface area contributed by atoms with Gasteiger partial charge in [0.25, 0.3) is 0 Å². The van der Waals surface area contributed by atoms with Crippen molar-refractivity contribution in [1.82, 2.24) is 19.9 Å². The van der Waals surface area contributed by atoms with Gasteiger partial charge in [0.05, 0.1) is 6.04 Å². The first-order chi connectivity index (χ1) is 11.6. The molecule has 0 aliphatic rings. The second-order valence-corrected chi connectivity index (χ2v) is 6.08. The third-order valence-corrected chi connectivity index (χ3v) is 3.78. The summed E-state index contributed by atoms with van der Waals surface area (Å²) in [5.41, 5.74) is 2.87. The molecule has 3 aromatic rings. The van der Waals surface area contributed by atoms with E-state index in [9.17, 15) is 0 Å². The zero-order valence-corrected chi connectivity index (χ0v) is 14.1. The molecular weight excluding hydrogens is 298 g/mol. The van der Waals surface area contributed by atoms with Crippen LogP contribution in [0.5, 0.6) is 0 Å². The molecule has 1 N–H and O–H groups in total. The lowest BCUT2D eigenvalue weighted by molar-refractivity contribution is 0.544. The highest BCUT2D eigenvalue weighted by molar-refractivity contribution is 5.53. The molecule has 3 heterocycles. The van der Waals surface area contributed by atoms with Crippen LogP contribution < -0.4 is 5.32 Å². The summed E-state index contributed by atoms with van der Waals surface area (Å²) in [5.74, 6) is 1.84. The Balaban J connectivity index is 1.93. The number of aromatic nitrogens is 4. The van der Waals surface area contributed by atoms with Crippen molar-refractivity contribution < 1.29 is 0 Å². The fraction of sp³-hybridized carbons (Fsp3) is 0.263. The fourth-order valence-electron chi connectivity index (χ4n) is 2.62. The second-order valence-electron chi connectivity index (χ2n) is 6.08.